The highest BCUT2D eigenvalue weighted by Gasteiger charge is 2.10. The molecule has 1 aliphatic rings. The summed E-state index contributed by atoms with van der Waals surface area (Å²) in [6.45, 7) is 3.40. The van der Waals surface area contributed by atoms with E-state index in [-0.39, 0.29) is 12.4 Å². The minimum atomic E-state index is 0. The van der Waals surface area contributed by atoms with Crippen LogP contribution < -0.4 is 5.32 Å². The monoisotopic (exact) mass is 93.0 g/mol. The molecule has 0 saturated carbocycles. The van der Waals surface area contributed by atoms with Crippen LogP contribution in [0.25, 0.3) is 0 Å². The molecular formula is C3H8ClN. The van der Waals surface area contributed by atoms with Gasteiger partial charge in [0.2, 0.25) is 0 Å². The number of rotatable bonds is 0. The molecule has 5 heavy (non-hydrogen) atoms. The first-order valence-electron chi connectivity index (χ1n) is 1.63. The molecule has 1 aliphatic heterocycles. The van der Waals surface area contributed by atoms with Gasteiger partial charge < -0.3 is 5.32 Å². The molecule has 0 radical (unpaired) electrons. The molecule has 0 spiro atoms. The van der Waals surface area contributed by atoms with Crippen molar-refractivity contribution in [1.29, 1.82) is 0 Å². The Morgan fingerprint density at radius 1 is 1.80 bits per heavy atom. The highest BCUT2D eigenvalue weighted by Crippen LogP contribution is 1.88. The average Bonchev–Trinajstić information content (AvgIpc) is 1.75. The molecule has 0 aromatic rings. The molecule has 1 saturated heterocycles. The summed E-state index contributed by atoms with van der Waals surface area (Å²) in [6.07, 6.45) is 0. The fraction of sp³-hybridized carbons (Fsp3) is 1.00. The van der Waals surface area contributed by atoms with Crippen LogP contribution in [-0.2, 0) is 0 Å². The summed E-state index contributed by atoms with van der Waals surface area (Å²) in [4.78, 5) is 0. The van der Waals surface area contributed by atoms with Crippen LogP contribution in [0.4, 0.5) is 0 Å². The molecule has 0 bridgehead atoms. The smallest absolute Gasteiger partial charge is 0.0164 e. The molecule has 1 unspecified atom stereocenters. The van der Waals surface area contributed by atoms with Gasteiger partial charge >= 0.3 is 0 Å². The molecule has 1 heterocycles. The largest absolute Gasteiger partial charge is 0.311 e. The highest BCUT2D eigenvalue weighted by atomic mass is 35.5. The van der Waals surface area contributed by atoms with Gasteiger partial charge in [-0.15, -0.1) is 12.4 Å². The SMILES string of the molecule is CC1CN1.Cl. The number of hydrogen-bond acceptors (Lipinski definition) is 1. The summed E-state index contributed by atoms with van der Waals surface area (Å²) in [6, 6.07) is 0.833. The number of hydrogen-bond donors (Lipinski definition) is 1. The maximum atomic E-state index is 3.10. The molecular weight excluding hydrogens is 85.5 g/mol. The van der Waals surface area contributed by atoms with Crippen molar-refractivity contribution in [3.63, 3.8) is 0 Å². The lowest BCUT2D eigenvalue weighted by molar-refractivity contribution is 1.09. The van der Waals surface area contributed by atoms with Gasteiger partial charge in [0.1, 0.15) is 0 Å². The summed E-state index contributed by atoms with van der Waals surface area (Å²) in [5.41, 5.74) is 0. The predicted octanol–water partition coefficient (Wildman–Crippen LogP) is 0.400. The van der Waals surface area contributed by atoms with Gasteiger partial charge in [-0.25, -0.2) is 0 Å². The normalized spacial score (nSPS) is 31.8. The Kier molecular flexibility index (Phi) is 1.71. The van der Waals surface area contributed by atoms with Gasteiger partial charge in [-0.05, 0) is 6.92 Å². The van der Waals surface area contributed by atoms with E-state index >= 15 is 0 Å². The average molecular weight is 93.6 g/mol. The standard InChI is InChI=1S/C3H7N.ClH/c1-3-2-4-3;/h3-4H,2H2,1H3;1H. The van der Waals surface area contributed by atoms with Gasteiger partial charge in [-0.1, -0.05) is 0 Å². The van der Waals surface area contributed by atoms with Crippen molar-refractivity contribution in [1.82, 2.24) is 5.32 Å². The minimum Gasteiger partial charge on any atom is -0.311 e. The lowest BCUT2D eigenvalue weighted by Crippen LogP contribution is -1.72. The molecule has 1 nitrogen and oxygen atoms in total. The zero-order valence-electron chi connectivity index (χ0n) is 3.19. The number of halogens is 1. The van der Waals surface area contributed by atoms with Crippen LogP contribution in [0.1, 0.15) is 6.92 Å². The Bertz CT molecular complexity index is 26.1. The quantitative estimate of drug-likeness (QED) is 0.430. The maximum Gasteiger partial charge on any atom is 0.0164 e. The fourth-order valence-corrected chi connectivity index (χ4v) is 0.118. The molecule has 2 heteroatoms. The molecule has 0 aliphatic carbocycles. The zero-order valence-corrected chi connectivity index (χ0v) is 4.01. The molecule has 1 rings (SSSR count). The van der Waals surface area contributed by atoms with Crippen molar-refractivity contribution in [2.24, 2.45) is 0 Å². The van der Waals surface area contributed by atoms with Crippen LogP contribution in [0.15, 0.2) is 0 Å². The van der Waals surface area contributed by atoms with Crippen LogP contribution in [-0.4, -0.2) is 12.6 Å². The van der Waals surface area contributed by atoms with E-state index in [1.165, 1.54) is 6.54 Å². The topological polar surface area (TPSA) is 21.9 Å². The molecule has 0 aromatic heterocycles. The zero-order chi connectivity index (χ0) is 2.99. The Hall–Kier alpha value is 0.250. The van der Waals surface area contributed by atoms with E-state index in [2.05, 4.69) is 12.2 Å². The molecule has 0 amide bonds. The van der Waals surface area contributed by atoms with Crippen molar-refractivity contribution in [2.45, 2.75) is 13.0 Å². The van der Waals surface area contributed by atoms with Crippen molar-refractivity contribution >= 4 is 12.4 Å². The van der Waals surface area contributed by atoms with Crippen LogP contribution in [0.2, 0.25) is 0 Å². The van der Waals surface area contributed by atoms with Crippen LogP contribution in [0.5, 0.6) is 0 Å². The van der Waals surface area contributed by atoms with E-state index in [0.29, 0.717) is 0 Å². The molecule has 1 fully saturated rings. The van der Waals surface area contributed by atoms with Crippen molar-refractivity contribution in [3.8, 4) is 0 Å². The summed E-state index contributed by atoms with van der Waals surface area (Å²) in [5, 5.41) is 3.10. The molecule has 0 aromatic carbocycles. The van der Waals surface area contributed by atoms with Crippen molar-refractivity contribution in [3.05, 3.63) is 0 Å². The summed E-state index contributed by atoms with van der Waals surface area (Å²) in [7, 11) is 0. The Morgan fingerprint density at radius 3 is 2.00 bits per heavy atom. The second-order valence-electron chi connectivity index (χ2n) is 1.31. The van der Waals surface area contributed by atoms with E-state index in [9.17, 15) is 0 Å². The van der Waals surface area contributed by atoms with Crippen molar-refractivity contribution < 1.29 is 0 Å². The van der Waals surface area contributed by atoms with E-state index in [4.69, 9.17) is 0 Å². The van der Waals surface area contributed by atoms with Gasteiger partial charge in [-0.3, -0.25) is 0 Å². The first-order chi connectivity index (χ1) is 1.89. The maximum absolute atomic E-state index is 3.10. The second kappa shape index (κ2) is 1.63. The van der Waals surface area contributed by atoms with Crippen LogP contribution in [0, 0.1) is 0 Å². The van der Waals surface area contributed by atoms with Gasteiger partial charge in [0, 0.05) is 12.6 Å². The summed E-state index contributed by atoms with van der Waals surface area (Å²) in [5.74, 6) is 0. The summed E-state index contributed by atoms with van der Waals surface area (Å²) < 4.78 is 0. The number of nitrogens with one attached hydrogen (secondary N) is 1. The Balaban J connectivity index is 0.000000160. The third-order valence-electron chi connectivity index (χ3n) is 0.612. The minimum absolute atomic E-state index is 0. The first-order valence-corrected chi connectivity index (χ1v) is 1.63. The van der Waals surface area contributed by atoms with Gasteiger partial charge in [0.05, 0.1) is 0 Å². The predicted molar refractivity (Wildman–Crippen MR) is 24.7 cm³/mol. The summed E-state index contributed by atoms with van der Waals surface area (Å²) >= 11 is 0. The lowest BCUT2D eigenvalue weighted by Gasteiger charge is -1.53. The Morgan fingerprint density at radius 2 is 2.00 bits per heavy atom. The Labute approximate surface area is 38.2 Å². The lowest BCUT2D eigenvalue weighted by atomic mass is 10.6. The van der Waals surface area contributed by atoms with E-state index in [1.807, 2.05) is 0 Å². The van der Waals surface area contributed by atoms with Gasteiger partial charge in [0.15, 0.2) is 0 Å². The van der Waals surface area contributed by atoms with Crippen molar-refractivity contribution in [2.75, 3.05) is 6.54 Å². The third kappa shape index (κ3) is 2.04. The van der Waals surface area contributed by atoms with E-state index in [0.717, 1.165) is 6.04 Å². The molecule has 32 valence electrons. The van der Waals surface area contributed by atoms with Crippen LogP contribution in [0.3, 0.4) is 0 Å². The van der Waals surface area contributed by atoms with Crippen LogP contribution >= 0.6 is 12.4 Å². The molecule has 1 atom stereocenters. The fourth-order valence-electron chi connectivity index (χ4n) is 0.118. The second-order valence-corrected chi connectivity index (χ2v) is 1.31. The van der Waals surface area contributed by atoms with E-state index in [1.54, 1.807) is 0 Å². The molecule has 1 N–H and O–H groups in total. The van der Waals surface area contributed by atoms with Gasteiger partial charge in [-0.2, -0.15) is 0 Å². The first kappa shape index (κ1) is 5.25. The van der Waals surface area contributed by atoms with E-state index < -0.39 is 0 Å². The van der Waals surface area contributed by atoms with Gasteiger partial charge in [0.25, 0.3) is 0 Å². The third-order valence-corrected chi connectivity index (χ3v) is 0.612. The highest BCUT2D eigenvalue weighted by molar-refractivity contribution is 5.85.